The van der Waals surface area contributed by atoms with Crippen molar-refractivity contribution in [3.8, 4) is 22.9 Å². The van der Waals surface area contributed by atoms with Gasteiger partial charge in [0.25, 0.3) is 0 Å². The molecule has 0 saturated carbocycles. The Morgan fingerprint density at radius 2 is 2.33 bits per heavy atom. The summed E-state index contributed by atoms with van der Waals surface area (Å²) in [6, 6.07) is 3.57. The molecular formula is C11H10BrN5O. The number of hydrogen-bond acceptors (Lipinski definition) is 5. The smallest absolute Gasteiger partial charge is 0.165 e. The van der Waals surface area contributed by atoms with Gasteiger partial charge >= 0.3 is 0 Å². The van der Waals surface area contributed by atoms with E-state index < -0.39 is 0 Å². The fraction of sp³-hybridized carbons (Fsp3) is 0.182. The number of nitrogens with two attached hydrogens (primary N) is 1. The molecule has 2 aromatic rings. The summed E-state index contributed by atoms with van der Waals surface area (Å²) in [7, 11) is 1.69. The van der Waals surface area contributed by atoms with E-state index in [4.69, 9.17) is 11.0 Å². The first-order valence-corrected chi connectivity index (χ1v) is 6.17. The minimum Gasteiger partial charge on any atom is -0.504 e. The van der Waals surface area contributed by atoms with E-state index in [9.17, 15) is 5.11 Å². The maximum absolute atomic E-state index is 9.59. The first-order valence-electron chi connectivity index (χ1n) is 5.05. The van der Waals surface area contributed by atoms with Gasteiger partial charge in [-0.3, -0.25) is 4.68 Å². The second kappa shape index (κ2) is 4.66. The van der Waals surface area contributed by atoms with Crippen LogP contribution in [0.2, 0.25) is 0 Å². The number of anilines is 1. The summed E-state index contributed by atoms with van der Waals surface area (Å²) in [5, 5.41) is 23.5. The van der Waals surface area contributed by atoms with E-state index in [-0.39, 0.29) is 11.6 Å². The molecule has 2 rings (SSSR count). The zero-order valence-electron chi connectivity index (χ0n) is 9.55. The first kappa shape index (κ1) is 12.4. The molecule has 0 radical (unpaired) electrons. The fourth-order valence-electron chi connectivity index (χ4n) is 1.71. The number of halogens is 1. The number of nitriles is 1. The monoisotopic (exact) mass is 307 g/mol. The van der Waals surface area contributed by atoms with E-state index in [1.165, 1.54) is 16.9 Å². The van der Waals surface area contributed by atoms with Gasteiger partial charge in [-0.15, -0.1) is 0 Å². The van der Waals surface area contributed by atoms with E-state index >= 15 is 0 Å². The van der Waals surface area contributed by atoms with Crippen LogP contribution >= 0.6 is 15.9 Å². The molecule has 0 saturated heterocycles. The summed E-state index contributed by atoms with van der Waals surface area (Å²) < 4.78 is 1.50. The molecule has 0 fully saturated rings. The lowest BCUT2D eigenvalue weighted by atomic mass is 10.1. The normalized spacial score (nSPS) is 10.3. The number of nitrogens with zero attached hydrogens (tertiary/aromatic N) is 4. The molecule has 3 N–H and O–H groups in total. The van der Waals surface area contributed by atoms with Crippen LogP contribution in [0.15, 0.2) is 12.3 Å². The number of pyridine rings is 1. The number of aromatic hydroxyl groups is 1. The van der Waals surface area contributed by atoms with Gasteiger partial charge in [0.2, 0.25) is 0 Å². The van der Waals surface area contributed by atoms with Gasteiger partial charge in [0.1, 0.15) is 11.8 Å². The Morgan fingerprint density at radius 1 is 1.61 bits per heavy atom. The molecule has 0 bridgehead atoms. The number of hydrogen-bond donors (Lipinski definition) is 2. The van der Waals surface area contributed by atoms with E-state index in [0.29, 0.717) is 27.8 Å². The van der Waals surface area contributed by atoms with Gasteiger partial charge < -0.3 is 10.8 Å². The minimum atomic E-state index is -0.110. The summed E-state index contributed by atoms with van der Waals surface area (Å²) in [5.41, 5.74) is 7.84. The van der Waals surface area contributed by atoms with Crippen LogP contribution in [0.4, 0.5) is 5.82 Å². The number of aryl methyl sites for hydroxylation is 1. The summed E-state index contributed by atoms with van der Waals surface area (Å²) in [6.07, 6.45) is 1.51. The van der Waals surface area contributed by atoms with Crippen molar-refractivity contribution in [2.45, 2.75) is 5.33 Å². The highest BCUT2D eigenvalue weighted by atomic mass is 79.9. The minimum absolute atomic E-state index is 0.0570. The Morgan fingerprint density at radius 3 is 2.89 bits per heavy atom. The Kier molecular flexibility index (Phi) is 3.21. The van der Waals surface area contributed by atoms with Gasteiger partial charge in [0, 0.05) is 29.7 Å². The summed E-state index contributed by atoms with van der Waals surface area (Å²) in [6.45, 7) is 0. The Balaban J connectivity index is 2.69. The van der Waals surface area contributed by atoms with Crippen molar-refractivity contribution in [2.24, 2.45) is 7.05 Å². The molecule has 0 aliphatic heterocycles. The Bertz CT molecular complexity index is 644. The van der Waals surface area contributed by atoms with E-state index in [1.807, 2.05) is 0 Å². The number of alkyl halides is 1. The van der Waals surface area contributed by atoms with E-state index in [1.54, 1.807) is 7.05 Å². The molecule has 0 aliphatic carbocycles. The summed E-state index contributed by atoms with van der Waals surface area (Å²) in [4.78, 5) is 3.88. The standard InChI is InChI=1S/C11H10BrN5O/c1-17-8(4-13)10(7(3-12)16-17)6-2-9(18)11(14)15-5-6/h2,5,18H,3H2,1H3,(H2,14,15). The van der Waals surface area contributed by atoms with Crippen LogP contribution in [0.1, 0.15) is 11.4 Å². The van der Waals surface area contributed by atoms with Crippen LogP contribution < -0.4 is 5.73 Å². The summed E-state index contributed by atoms with van der Waals surface area (Å²) >= 11 is 3.32. The lowest BCUT2D eigenvalue weighted by Gasteiger charge is -2.03. The average Bonchev–Trinajstić information content (AvgIpc) is 2.68. The Hall–Kier alpha value is -2.07. The third kappa shape index (κ3) is 1.91. The van der Waals surface area contributed by atoms with Gasteiger partial charge in [-0.2, -0.15) is 10.4 Å². The van der Waals surface area contributed by atoms with Crippen molar-refractivity contribution < 1.29 is 5.11 Å². The Labute approximate surface area is 112 Å². The predicted molar refractivity (Wildman–Crippen MR) is 69.9 cm³/mol. The molecule has 7 heteroatoms. The van der Waals surface area contributed by atoms with Crippen LogP contribution in [-0.4, -0.2) is 19.9 Å². The van der Waals surface area contributed by atoms with Gasteiger partial charge in [0.15, 0.2) is 11.6 Å². The van der Waals surface area contributed by atoms with Crippen LogP contribution in [0.5, 0.6) is 5.75 Å². The molecule has 0 aliphatic rings. The van der Waals surface area contributed by atoms with Crippen LogP contribution in [0, 0.1) is 11.3 Å². The van der Waals surface area contributed by atoms with Gasteiger partial charge in [0.05, 0.1) is 5.69 Å². The van der Waals surface area contributed by atoms with Crippen molar-refractivity contribution in [2.75, 3.05) is 5.73 Å². The average molecular weight is 308 g/mol. The molecule has 92 valence electrons. The zero-order valence-corrected chi connectivity index (χ0v) is 11.1. The molecule has 18 heavy (non-hydrogen) atoms. The van der Waals surface area contributed by atoms with E-state index in [2.05, 4.69) is 32.1 Å². The molecule has 6 nitrogen and oxygen atoms in total. The van der Waals surface area contributed by atoms with Crippen LogP contribution in [0.3, 0.4) is 0 Å². The quantitative estimate of drug-likeness (QED) is 0.819. The SMILES string of the molecule is Cn1nc(CBr)c(-c2cnc(N)c(O)c2)c1C#N. The number of rotatable bonds is 2. The number of aromatic nitrogens is 3. The lowest BCUT2D eigenvalue weighted by Crippen LogP contribution is -1.95. The van der Waals surface area contributed by atoms with Crippen molar-refractivity contribution in [1.82, 2.24) is 14.8 Å². The van der Waals surface area contributed by atoms with Gasteiger partial charge in [-0.1, -0.05) is 15.9 Å². The molecule has 0 amide bonds. The highest BCUT2D eigenvalue weighted by molar-refractivity contribution is 9.08. The predicted octanol–water partition coefficient (Wildman–Crippen LogP) is 1.54. The van der Waals surface area contributed by atoms with Crippen molar-refractivity contribution in [3.05, 3.63) is 23.7 Å². The highest BCUT2D eigenvalue weighted by Gasteiger charge is 2.18. The topological polar surface area (TPSA) is 101 Å². The lowest BCUT2D eigenvalue weighted by molar-refractivity contribution is 0.476. The van der Waals surface area contributed by atoms with Crippen molar-refractivity contribution in [3.63, 3.8) is 0 Å². The molecule has 0 spiro atoms. The molecule has 2 heterocycles. The van der Waals surface area contributed by atoms with Crippen LogP contribution in [-0.2, 0) is 12.4 Å². The fourth-order valence-corrected chi connectivity index (χ4v) is 2.10. The zero-order chi connectivity index (χ0) is 13.3. The maximum atomic E-state index is 9.59. The second-order valence-corrected chi connectivity index (χ2v) is 4.23. The van der Waals surface area contributed by atoms with E-state index in [0.717, 1.165) is 0 Å². The van der Waals surface area contributed by atoms with Gasteiger partial charge in [-0.25, -0.2) is 4.98 Å². The molecular weight excluding hydrogens is 298 g/mol. The third-order valence-electron chi connectivity index (χ3n) is 2.54. The second-order valence-electron chi connectivity index (χ2n) is 3.67. The largest absolute Gasteiger partial charge is 0.504 e. The molecule has 2 aromatic heterocycles. The molecule has 0 unspecified atom stereocenters. The first-order chi connectivity index (χ1) is 8.58. The number of nitrogen functional groups attached to an aromatic ring is 1. The third-order valence-corrected chi connectivity index (χ3v) is 3.07. The molecule has 0 atom stereocenters. The van der Waals surface area contributed by atoms with Crippen molar-refractivity contribution in [1.29, 1.82) is 5.26 Å². The van der Waals surface area contributed by atoms with Crippen molar-refractivity contribution >= 4 is 21.7 Å². The maximum Gasteiger partial charge on any atom is 0.165 e. The van der Waals surface area contributed by atoms with Gasteiger partial charge in [-0.05, 0) is 6.07 Å². The van der Waals surface area contributed by atoms with Crippen LogP contribution in [0.25, 0.3) is 11.1 Å². The molecule has 0 aromatic carbocycles. The summed E-state index contributed by atoms with van der Waals surface area (Å²) in [5.74, 6) is -0.0534. The highest BCUT2D eigenvalue weighted by Crippen LogP contribution is 2.31.